The summed E-state index contributed by atoms with van der Waals surface area (Å²) < 4.78 is 11.5. The highest BCUT2D eigenvalue weighted by Crippen LogP contribution is 2.31. The number of nitrogens with two attached hydrogens (primary N) is 2. The molecule has 9 nitrogen and oxygen atoms in total. The number of aliphatic imine (C=N–C) groups is 1. The van der Waals surface area contributed by atoms with Crippen molar-refractivity contribution in [3.05, 3.63) is 53.1 Å². The second-order valence-electron chi connectivity index (χ2n) is 6.60. The Morgan fingerprint density at radius 3 is 2.83 bits per heavy atom. The predicted molar refractivity (Wildman–Crippen MR) is 110 cm³/mol. The lowest BCUT2D eigenvalue weighted by atomic mass is 10.0. The van der Waals surface area contributed by atoms with E-state index in [2.05, 4.69) is 15.0 Å². The largest absolute Gasteiger partial charge is 0.483 e. The van der Waals surface area contributed by atoms with Crippen LogP contribution in [0, 0.1) is 0 Å². The molecular weight excluding hydrogens is 372 g/mol. The van der Waals surface area contributed by atoms with Gasteiger partial charge in [-0.2, -0.15) is 0 Å². The summed E-state index contributed by atoms with van der Waals surface area (Å²) in [6.45, 7) is 1.95. The highest BCUT2D eigenvalue weighted by molar-refractivity contribution is 6.20. The van der Waals surface area contributed by atoms with Crippen molar-refractivity contribution in [2.24, 2.45) is 10.7 Å². The maximum Gasteiger partial charge on any atom is 0.276 e. The van der Waals surface area contributed by atoms with Crippen LogP contribution in [0.5, 0.6) is 5.75 Å². The molecule has 1 aliphatic rings. The number of amides is 1. The van der Waals surface area contributed by atoms with Gasteiger partial charge in [0.15, 0.2) is 11.4 Å². The summed E-state index contributed by atoms with van der Waals surface area (Å²) in [7, 11) is 4.75. The molecule has 0 aromatic carbocycles. The average Bonchev–Trinajstić information content (AvgIpc) is 2.71. The molecule has 9 heteroatoms. The normalized spacial score (nSPS) is 17.8. The molecule has 0 radical (unpaired) electrons. The Morgan fingerprint density at radius 1 is 1.38 bits per heavy atom. The second-order valence-corrected chi connectivity index (χ2v) is 6.60. The smallest absolute Gasteiger partial charge is 0.276 e. The van der Waals surface area contributed by atoms with Crippen molar-refractivity contribution in [3.63, 3.8) is 0 Å². The number of aromatic nitrogens is 2. The molecule has 0 saturated heterocycles. The molecule has 3 heterocycles. The predicted octanol–water partition coefficient (Wildman–Crippen LogP) is 1.63. The molecule has 152 valence electrons. The Kier molecular flexibility index (Phi) is 5.67. The molecule has 2 aromatic heterocycles. The molecule has 2 bridgehead atoms. The van der Waals surface area contributed by atoms with Crippen LogP contribution in [0.25, 0.3) is 5.57 Å². The summed E-state index contributed by atoms with van der Waals surface area (Å²) in [5.74, 6) is 0.679. The van der Waals surface area contributed by atoms with Crippen LogP contribution in [-0.2, 0) is 4.74 Å². The van der Waals surface area contributed by atoms with Gasteiger partial charge in [-0.05, 0) is 25.1 Å². The van der Waals surface area contributed by atoms with E-state index in [0.717, 1.165) is 0 Å². The third-order valence-corrected chi connectivity index (χ3v) is 4.64. The average molecular weight is 396 g/mol. The van der Waals surface area contributed by atoms with Crippen LogP contribution in [0.4, 0.5) is 5.82 Å². The Labute approximate surface area is 169 Å². The number of nitrogens with zero attached hydrogens (tertiary/aromatic N) is 4. The molecular formula is C20H24N6O3. The van der Waals surface area contributed by atoms with E-state index in [9.17, 15) is 4.79 Å². The first-order chi connectivity index (χ1) is 13.9. The van der Waals surface area contributed by atoms with E-state index in [1.54, 1.807) is 38.6 Å². The zero-order valence-corrected chi connectivity index (χ0v) is 16.8. The number of fused-ring (bicyclic) bond motifs is 3. The number of hydrogen-bond donors (Lipinski definition) is 2. The Hall–Kier alpha value is -3.62. The topological polar surface area (TPSA) is 129 Å². The van der Waals surface area contributed by atoms with E-state index in [4.69, 9.17) is 20.9 Å². The summed E-state index contributed by atoms with van der Waals surface area (Å²) in [4.78, 5) is 27.2. The molecule has 0 aliphatic carbocycles. The van der Waals surface area contributed by atoms with Crippen LogP contribution in [0.2, 0.25) is 0 Å². The molecule has 0 saturated carbocycles. The molecule has 4 N–H and O–H groups in total. The van der Waals surface area contributed by atoms with Crippen LogP contribution in [0.3, 0.4) is 0 Å². The van der Waals surface area contributed by atoms with E-state index in [1.807, 2.05) is 13.0 Å². The van der Waals surface area contributed by atoms with Gasteiger partial charge in [-0.3, -0.25) is 9.79 Å². The third kappa shape index (κ3) is 3.84. The first kappa shape index (κ1) is 20.1. The van der Waals surface area contributed by atoms with E-state index in [-0.39, 0.29) is 18.1 Å². The summed E-state index contributed by atoms with van der Waals surface area (Å²) in [5, 5.41) is 0. The Bertz CT molecular complexity index is 1000. The van der Waals surface area contributed by atoms with Gasteiger partial charge in [0, 0.05) is 43.3 Å². The molecule has 29 heavy (non-hydrogen) atoms. The van der Waals surface area contributed by atoms with Crippen LogP contribution in [0.1, 0.15) is 34.6 Å². The van der Waals surface area contributed by atoms with Crippen molar-refractivity contribution >= 4 is 23.2 Å². The van der Waals surface area contributed by atoms with Gasteiger partial charge in [0.2, 0.25) is 5.90 Å². The zero-order valence-electron chi connectivity index (χ0n) is 16.8. The van der Waals surface area contributed by atoms with E-state index in [0.29, 0.717) is 39.9 Å². The minimum atomic E-state index is -0.491. The first-order valence-corrected chi connectivity index (χ1v) is 9.00. The van der Waals surface area contributed by atoms with Crippen molar-refractivity contribution < 1.29 is 14.3 Å². The third-order valence-electron chi connectivity index (χ3n) is 4.64. The SMILES string of the molecule is CN=C(OC)C1=C(N)CN(C)C(=O)c2ncccc2OC(C)c2cc1cnc2N. The number of hydrogen-bond acceptors (Lipinski definition) is 8. The highest BCUT2D eigenvalue weighted by atomic mass is 16.5. The lowest BCUT2D eigenvalue weighted by molar-refractivity contribution is 0.0793. The van der Waals surface area contributed by atoms with Crippen molar-refractivity contribution in [1.29, 1.82) is 0 Å². The van der Waals surface area contributed by atoms with Crippen molar-refractivity contribution in [1.82, 2.24) is 14.9 Å². The number of carbonyl (C=O) groups excluding carboxylic acids is 1. The number of rotatable bonds is 1. The quantitative estimate of drug-likeness (QED) is 0.553. The molecule has 1 unspecified atom stereocenters. The van der Waals surface area contributed by atoms with Gasteiger partial charge in [-0.25, -0.2) is 9.97 Å². The molecule has 1 amide bonds. The van der Waals surface area contributed by atoms with Crippen LogP contribution in [-0.4, -0.2) is 54.4 Å². The number of anilines is 1. The van der Waals surface area contributed by atoms with Gasteiger partial charge in [0.05, 0.1) is 19.2 Å². The Morgan fingerprint density at radius 2 is 2.14 bits per heavy atom. The monoisotopic (exact) mass is 396 g/mol. The van der Waals surface area contributed by atoms with E-state index >= 15 is 0 Å². The standard InChI is InChI=1S/C20H24N6O3/c1-11-13-8-12(9-25-18(13)22)16(19(23-2)28-4)14(21)10-26(3)20(27)17-15(29-11)6-5-7-24-17/h5-9,11H,10,21H2,1-4H3,(H2,22,25). The minimum absolute atomic E-state index is 0.127. The first-order valence-electron chi connectivity index (χ1n) is 9.00. The van der Waals surface area contributed by atoms with Crippen LogP contribution < -0.4 is 16.2 Å². The van der Waals surface area contributed by atoms with E-state index < -0.39 is 6.10 Å². The summed E-state index contributed by atoms with van der Waals surface area (Å²) in [5.41, 5.74) is 15.0. The molecule has 1 atom stereocenters. The molecule has 3 rings (SSSR count). The lowest BCUT2D eigenvalue weighted by Crippen LogP contribution is -2.33. The molecule has 0 spiro atoms. The van der Waals surface area contributed by atoms with Crippen molar-refractivity contribution in [2.45, 2.75) is 13.0 Å². The number of ether oxygens (including phenoxy) is 2. The number of methoxy groups -OCH3 is 1. The van der Waals surface area contributed by atoms with E-state index in [1.165, 1.54) is 12.0 Å². The van der Waals surface area contributed by atoms with Crippen molar-refractivity contribution in [2.75, 3.05) is 33.5 Å². The Balaban J connectivity index is 2.27. The maximum absolute atomic E-state index is 13.0. The van der Waals surface area contributed by atoms with Gasteiger partial charge in [0.25, 0.3) is 5.91 Å². The van der Waals surface area contributed by atoms with Crippen LogP contribution in [0.15, 0.2) is 41.3 Å². The summed E-state index contributed by atoms with van der Waals surface area (Å²) >= 11 is 0. The van der Waals surface area contributed by atoms with Gasteiger partial charge in [-0.1, -0.05) is 0 Å². The number of likely N-dealkylation sites (N-methyl/N-ethyl adjacent to an activating group) is 1. The number of pyridine rings is 2. The zero-order chi connectivity index (χ0) is 21.1. The van der Waals surface area contributed by atoms with Gasteiger partial charge >= 0.3 is 0 Å². The summed E-state index contributed by atoms with van der Waals surface area (Å²) in [6, 6.07) is 5.25. The molecule has 2 aromatic rings. The van der Waals surface area contributed by atoms with Gasteiger partial charge < -0.3 is 25.8 Å². The highest BCUT2D eigenvalue weighted by Gasteiger charge is 2.25. The number of nitrogen functional groups attached to an aromatic ring is 1. The van der Waals surface area contributed by atoms with Crippen LogP contribution >= 0.6 is 0 Å². The van der Waals surface area contributed by atoms with Crippen molar-refractivity contribution in [3.8, 4) is 5.75 Å². The number of carbonyl (C=O) groups is 1. The summed E-state index contributed by atoms with van der Waals surface area (Å²) in [6.07, 6.45) is 2.65. The molecule has 1 aliphatic heterocycles. The fourth-order valence-electron chi connectivity index (χ4n) is 3.19. The fourth-order valence-corrected chi connectivity index (χ4v) is 3.19. The van der Waals surface area contributed by atoms with Gasteiger partial charge in [-0.15, -0.1) is 0 Å². The minimum Gasteiger partial charge on any atom is -0.483 e. The lowest BCUT2D eigenvalue weighted by Gasteiger charge is -2.24. The maximum atomic E-state index is 13.0. The molecule has 0 fully saturated rings. The second kappa shape index (κ2) is 8.17. The fraction of sp³-hybridized carbons (Fsp3) is 0.300. The van der Waals surface area contributed by atoms with Gasteiger partial charge in [0.1, 0.15) is 11.9 Å².